The van der Waals surface area contributed by atoms with E-state index >= 15 is 0 Å². The summed E-state index contributed by atoms with van der Waals surface area (Å²) in [6.45, 7) is 2.56. The quantitative estimate of drug-likeness (QED) is 0.620. The lowest BCUT2D eigenvalue weighted by atomic mass is 10.0. The van der Waals surface area contributed by atoms with Crippen molar-refractivity contribution in [2.24, 2.45) is 4.99 Å². The molecule has 8 nitrogen and oxygen atoms in total. The third-order valence-electron chi connectivity index (χ3n) is 5.96. The van der Waals surface area contributed by atoms with Gasteiger partial charge in [0.05, 0.1) is 17.6 Å². The number of rotatable bonds is 5. The van der Waals surface area contributed by atoms with Crippen LogP contribution in [0.3, 0.4) is 0 Å². The third-order valence-corrected chi connectivity index (χ3v) is 5.96. The lowest BCUT2D eigenvalue weighted by molar-refractivity contribution is 0.0696. The van der Waals surface area contributed by atoms with Crippen molar-refractivity contribution in [1.29, 1.82) is 0 Å². The second kappa shape index (κ2) is 8.82. The van der Waals surface area contributed by atoms with E-state index in [-0.39, 0.29) is 18.3 Å². The molecule has 1 aromatic heterocycles. The van der Waals surface area contributed by atoms with Gasteiger partial charge in [0.1, 0.15) is 6.61 Å². The summed E-state index contributed by atoms with van der Waals surface area (Å²) in [5, 5.41) is 10.1. The molecule has 2 N–H and O–H groups in total. The maximum atomic E-state index is 12.7. The van der Waals surface area contributed by atoms with Crippen LogP contribution in [0.15, 0.2) is 70.9 Å². The molecular formula is C25H24N4O4. The normalized spacial score (nSPS) is 15.6. The number of carbonyl (C=O) groups is 2. The van der Waals surface area contributed by atoms with Crippen molar-refractivity contribution in [3.05, 3.63) is 82.7 Å². The monoisotopic (exact) mass is 444 g/mol. The van der Waals surface area contributed by atoms with E-state index in [2.05, 4.69) is 14.9 Å². The number of aromatic nitrogens is 1. The summed E-state index contributed by atoms with van der Waals surface area (Å²) in [5.41, 5.74) is 5.30. The van der Waals surface area contributed by atoms with E-state index in [0.717, 1.165) is 33.4 Å². The van der Waals surface area contributed by atoms with Gasteiger partial charge in [-0.3, -0.25) is 0 Å². The van der Waals surface area contributed by atoms with E-state index in [1.807, 2.05) is 48.8 Å². The first-order chi connectivity index (χ1) is 16.0. The number of hydrogen-bond acceptors (Lipinski definition) is 5. The SMILES string of the molecule is O=C(O)c1ccc(CN2C=NC3=C(C2)CN(C(=O)OCc2cc4ccccc4[nH]2)CC3)cc1. The molecule has 33 heavy (non-hydrogen) atoms. The highest BCUT2D eigenvalue weighted by Crippen LogP contribution is 2.24. The van der Waals surface area contributed by atoms with Crippen molar-refractivity contribution >= 4 is 29.3 Å². The van der Waals surface area contributed by atoms with Gasteiger partial charge in [-0.05, 0) is 40.8 Å². The number of nitrogens with one attached hydrogen (secondary N) is 1. The molecular weight excluding hydrogens is 420 g/mol. The number of aromatic amines is 1. The zero-order valence-corrected chi connectivity index (χ0v) is 18.0. The van der Waals surface area contributed by atoms with Crippen LogP contribution >= 0.6 is 0 Å². The number of nitrogens with zero attached hydrogens (tertiary/aromatic N) is 3. The van der Waals surface area contributed by atoms with Gasteiger partial charge in [0.25, 0.3) is 0 Å². The van der Waals surface area contributed by atoms with Crippen molar-refractivity contribution in [2.45, 2.75) is 19.6 Å². The van der Waals surface area contributed by atoms with Crippen molar-refractivity contribution in [2.75, 3.05) is 19.6 Å². The highest BCUT2D eigenvalue weighted by Gasteiger charge is 2.26. The zero-order valence-electron chi connectivity index (χ0n) is 18.0. The number of aliphatic imine (C=N–C) groups is 1. The molecule has 2 aliphatic rings. The van der Waals surface area contributed by atoms with E-state index in [4.69, 9.17) is 9.84 Å². The molecule has 0 radical (unpaired) electrons. The number of fused-ring (bicyclic) bond motifs is 1. The molecule has 2 aliphatic heterocycles. The number of benzene rings is 2. The lowest BCUT2D eigenvalue weighted by Gasteiger charge is -2.34. The summed E-state index contributed by atoms with van der Waals surface area (Å²) >= 11 is 0. The van der Waals surface area contributed by atoms with Gasteiger partial charge < -0.3 is 24.6 Å². The fourth-order valence-corrected chi connectivity index (χ4v) is 4.23. The predicted molar refractivity (Wildman–Crippen MR) is 124 cm³/mol. The van der Waals surface area contributed by atoms with Crippen LogP contribution < -0.4 is 0 Å². The Balaban J connectivity index is 1.17. The Morgan fingerprint density at radius 3 is 2.70 bits per heavy atom. The fraction of sp³-hybridized carbons (Fsp3) is 0.240. The van der Waals surface area contributed by atoms with Gasteiger partial charge in [0, 0.05) is 43.8 Å². The van der Waals surface area contributed by atoms with Crippen LogP contribution in [0.25, 0.3) is 10.9 Å². The molecule has 0 bridgehead atoms. The zero-order chi connectivity index (χ0) is 22.8. The lowest BCUT2D eigenvalue weighted by Crippen LogP contribution is -2.41. The smallest absolute Gasteiger partial charge is 0.410 e. The van der Waals surface area contributed by atoms with Crippen molar-refractivity contribution in [3.8, 4) is 0 Å². The number of carboxylic acid groups (broad SMARTS) is 1. The molecule has 0 aliphatic carbocycles. The average molecular weight is 444 g/mol. The number of amides is 1. The highest BCUT2D eigenvalue weighted by atomic mass is 16.6. The molecule has 3 heterocycles. The molecule has 0 saturated heterocycles. The van der Waals surface area contributed by atoms with Crippen LogP contribution in [0.1, 0.15) is 28.0 Å². The predicted octanol–water partition coefficient (Wildman–Crippen LogP) is 4.01. The minimum Gasteiger partial charge on any atom is -0.478 e. The van der Waals surface area contributed by atoms with Gasteiger partial charge in [-0.2, -0.15) is 0 Å². The summed E-state index contributed by atoms with van der Waals surface area (Å²) < 4.78 is 5.56. The Morgan fingerprint density at radius 1 is 1.09 bits per heavy atom. The highest BCUT2D eigenvalue weighted by molar-refractivity contribution is 5.87. The molecule has 0 saturated carbocycles. The maximum Gasteiger partial charge on any atom is 0.410 e. The third kappa shape index (κ3) is 4.59. The van der Waals surface area contributed by atoms with Crippen molar-refractivity contribution in [3.63, 3.8) is 0 Å². The molecule has 0 unspecified atom stereocenters. The first-order valence-electron chi connectivity index (χ1n) is 10.8. The van der Waals surface area contributed by atoms with Crippen molar-refractivity contribution < 1.29 is 19.4 Å². The van der Waals surface area contributed by atoms with E-state index in [1.54, 1.807) is 17.0 Å². The summed E-state index contributed by atoms with van der Waals surface area (Å²) in [7, 11) is 0. The van der Waals surface area contributed by atoms with Gasteiger partial charge in [0.15, 0.2) is 0 Å². The number of carbonyl (C=O) groups excluding carboxylic acids is 1. The van der Waals surface area contributed by atoms with Gasteiger partial charge in [-0.25, -0.2) is 14.6 Å². The second-order valence-electron chi connectivity index (χ2n) is 8.31. The van der Waals surface area contributed by atoms with Crippen LogP contribution in [0.4, 0.5) is 4.79 Å². The van der Waals surface area contributed by atoms with Gasteiger partial charge in [0.2, 0.25) is 0 Å². The molecule has 3 aromatic rings. The molecule has 5 rings (SSSR count). The standard InChI is InChI=1S/C25H24N4O4/c30-24(31)18-7-5-17(6-8-18)12-28-13-20-14-29(10-9-22(20)26-16-28)25(32)33-15-21-11-19-3-1-2-4-23(19)27-21/h1-8,11,16,27H,9-10,12-15H2,(H,30,31). The summed E-state index contributed by atoms with van der Waals surface area (Å²) in [5.74, 6) is -0.936. The molecule has 1 amide bonds. The number of hydrogen-bond donors (Lipinski definition) is 2. The van der Waals surface area contributed by atoms with Crippen LogP contribution in [0.5, 0.6) is 0 Å². The van der Waals surface area contributed by atoms with Gasteiger partial charge >= 0.3 is 12.1 Å². The first kappa shape index (κ1) is 20.8. The molecule has 8 heteroatoms. The number of carboxylic acids is 1. The van der Waals surface area contributed by atoms with E-state index < -0.39 is 5.97 Å². The number of aromatic carboxylic acids is 1. The van der Waals surface area contributed by atoms with E-state index in [9.17, 15) is 9.59 Å². The summed E-state index contributed by atoms with van der Waals surface area (Å²) in [4.78, 5) is 35.4. The minimum atomic E-state index is -0.936. The van der Waals surface area contributed by atoms with Crippen LogP contribution in [0, 0.1) is 0 Å². The van der Waals surface area contributed by atoms with Gasteiger partial charge in [-0.1, -0.05) is 30.3 Å². The number of ether oxygens (including phenoxy) is 1. The van der Waals surface area contributed by atoms with Crippen LogP contribution in [-0.4, -0.2) is 57.9 Å². The average Bonchev–Trinajstić information content (AvgIpc) is 3.25. The van der Waals surface area contributed by atoms with Crippen LogP contribution in [0.2, 0.25) is 0 Å². The molecule has 2 aromatic carbocycles. The topological polar surface area (TPSA) is 98.2 Å². The molecule has 0 spiro atoms. The van der Waals surface area contributed by atoms with E-state index in [0.29, 0.717) is 32.6 Å². The number of H-pyrrole nitrogens is 1. The fourth-order valence-electron chi connectivity index (χ4n) is 4.23. The first-order valence-corrected chi connectivity index (χ1v) is 10.8. The summed E-state index contributed by atoms with van der Waals surface area (Å²) in [6.07, 6.45) is 2.20. The van der Waals surface area contributed by atoms with Gasteiger partial charge in [-0.15, -0.1) is 0 Å². The molecule has 168 valence electrons. The Hall–Kier alpha value is -4.07. The molecule has 0 fully saturated rings. The minimum absolute atomic E-state index is 0.201. The Labute approximate surface area is 190 Å². The van der Waals surface area contributed by atoms with E-state index in [1.165, 1.54) is 0 Å². The largest absolute Gasteiger partial charge is 0.478 e. The number of para-hydroxylation sites is 1. The van der Waals surface area contributed by atoms with Crippen molar-refractivity contribution in [1.82, 2.24) is 14.8 Å². The molecule has 0 atom stereocenters. The Kier molecular flexibility index (Phi) is 5.56. The Morgan fingerprint density at radius 2 is 1.91 bits per heavy atom. The Bertz CT molecular complexity index is 1230. The maximum absolute atomic E-state index is 12.7. The van der Waals surface area contributed by atoms with Crippen LogP contribution in [-0.2, 0) is 17.9 Å². The second-order valence-corrected chi connectivity index (χ2v) is 8.31. The summed E-state index contributed by atoms with van der Waals surface area (Å²) in [6, 6.07) is 16.8.